The molecule has 0 bridgehead atoms. The van der Waals surface area contributed by atoms with Gasteiger partial charge in [0.25, 0.3) is 0 Å². The SMILES string of the molecule is CC1CC(C)(C)CC(O)(C2CCOC3(CCC3)C2)C1. The highest BCUT2D eigenvalue weighted by Gasteiger charge is 2.52. The van der Waals surface area contributed by atoms with Gasteiger partial charge in [-0.25, -0.2) is 0 Å². The predicted octanol–water partition coefficient (Wildman–Crippen LogP) is 3.91. The highest BCUT2D eigenvalue weighted by Crippen LogP contribution is 2.53. The van der Waals surface area contributed by atoms with E-state index in [0.29, 0.717) is 11.8 Å². The van der Waals surface area contributed by atoms with Crippen molar-refractivity contribution in [3.05, 3.63) is 0 Å². The molecule has 19 heavy (non-hydrogen) atoms. The molecule has 0 radical (unpaired) electrons. The minimum atomic E-state index is -0.437. The van der Waals surface area contributed by atoms with Crippen LogP contribution in [0.1, 0.15) is 72.1 Å². The van der Waals surface area contributed by atoms with Crippen LogP contribution in [-0.4, -0.2) is 22.9 Å². The quantitative estimate of drug-likeness (QED) is 0.779. The van der Waals surface area contributed by atoms with E-state index in [-0.39, 0.29) is 11.0 Å². The first kappa shape index (κ1) is 13.9. The summed E-state index contributed by atoms with van der Waals surface area (Å²) in [4.78, 5) is 0. The normalized spacial score (nSPS) is 44.8. The third kappa shape index (κ3) is 2.58. The Morgan fingerprint density at radius 1 is 1.11 bits per heavy atom. The minimum absolute atomic E-state index is 0.156. The maximum atomic E-state index is 11.3. The molecule has 2 heteroatoms. The first-order valence-electron chi connectivity index (χ1n) is 8.19. The molecular weight excluding hydrogens is 236 g/mol. The van der Waals surface area contributed by atoms with Crippen molar-refractivity contribution >= 4 is 0 Å². The van der Waals surface area contributed by atoms with Gasteiger partial charge in [0, 0.05) is 6.61 Å². The fourth-order valence-electron chi connectivity index (χ4n) is 5.31. The van der Waals surface area contributed by atoms with E-state index in [9.17, 15) is 5.11 Å². The van der Waals surface area contributed by atoms with Crippen LogP contribution in [0.15, 0.2) is 0 Å². The molecule has 1 spiro atoms. The van der Waals surface area contributed by atoms with Crippen LogP contribution in [0, 0.1) is 17.3 Å². The van der Waals surface area contributed by atoms with Gasteiger partial charge >= 0.3 is 0 Å². The van der Waals surface area contributed by atoms with E-state index in [1.165, 1.54) is 25.7 Å². The van der Waals surface area contributed by atoms with E-state index in [2.05, 4.69) is 20.8 Å². The van der Waals surface area contributed by atoms with Gasteiger partial charge in [0.1, 0.15) is 0 Å². The second-order valence-corrected chi connectivity index (χ2v) is 8.53. The molecule has 1 N–H and O–H groups in total. The maximum absolute atomic E-state index is 11.3. The fraction of sp³-hybridized carbons (Fsp3) is 1.00. The molecule has 0 amide bonds. The van der Waals surface area contributed by atoms with Gasteiger partial charge in [-0.15, -0.1) is 0 Å². The van der Waals surface area contributed by atoms with Gasteiger partial charge < -0.3 is 9.84 Å². The monoisotopic (exact) mass is 266 g/mol. The van der Waals surface area contributed by atoms with Crippen molar-refractivity contribution in [3.63, 3.8) is 0 Å². The molecule has 3 fully saturated rings. The number of hydrogen-bond donors (Lipinski definition) is 1. The van der Waals surface area contributed by atoms with Crippen molar-refractivity contribution < 1.29 is 9.84 Å². The summed E-state index contributed by atoms with van der Waals surface area (Å²) in [5, 5.41) is 11.3. The zero-order chi connectivity index (χ0) is 13.7. The Labute approximate surface area is 117 Å². The van der Waals surface area contributed by atoms with Crippen molar-refractivity contribution in [3.8, 4) is 0 Å². The van der Waals surface area contributed by atoms with Gasteiger partial charge in [0.2, 0.25) is 0 Å². The molecule has 1 saturated heterocycles. The lowest BCUT2D eigenvalue weighted by Crippen LogP contribution is -2.54. The van der Waals surface area contributed by atoms with Crippen LogP contribution in [0.3, 0.4) is 0 Å². The van der Waals surface area contributed by atoms with E-state index >= 15 is 0 Å². The topological polar surface area (TPSA) is 29.5 Å². The highest BCUT2D eigenvalue weighted by molar-refractivity contribution is 5.03. The summed E-state index contributed by atoms with van der Waals surface area (Å²) in [6.45, 7) is 7.82. The summed E-state index contributed by atoms with van der Waals surface area (Å²) in [6, 6.07) is 0. The van der Waals surface area contributed by atoms with E-state index < -0.39 is 5.60 Å². The van der Waals surface area contributed by atoms with E-state index in [1.807, 2.05) is 0 Å². The van der Waals surface area contributed by atoms with E-state index in [0.717, 1.165) is 32.3 Å². The molecule has 0 aromatic heterocycles. The van der Waals surface area contributed by atoms with Crippen molar-refractivity contribution in [1.82, 2.24) is 0 Å². The van der Waals surface area contributed by atoms with Crippen LogP contribution < -0.4 is 0 Å². The molecule has 110 valence electrons. The Kier molecular flexibility index (Phi) is 3.26. The zero-order valence-electron chi connectivity index (χ0n) is 12.9. The molecular formula is C17H30O2. The molecule has 3 aliphatic rings. The van der Waals surface area contributed by atoms with Crippen LogP contribution in [0.4, 0.5) is 0 Å². The number of hydrogen-bond acceptors (Lipinski definition) is 2. The molecule has 2 saturated carbocycles. The second kappa shape index (κ2) is 4.46. The average Bonchev–Trinajstić information content (AvgIpc) is 2.24. The molecule has 0 aromatic carbocycles. The lowest BCUT2D eigenvalue weighted by Gasteiger charge is -2.54. The minimum Gasteiger partial charge on any atom is -0.390 e. The molecule has 2 nitrogen and oxygen atoms in total. The smallest absolute Gasteiger partial charge is 0.0686 e. The third-order valence-electron chi connectivity index (χ3n) is 5.91. The van der Waals surface area contributed by atoms with Crippen molar-refractivity contribution in [2.24, 2.45) is 17.3 Å². The standard InChI is InChI=1S/C17H30O2/c1-13-9-15(2,3)12-17(18,10-13)14-5-8-19-16(11-14)6-4-7-16/h13-14,18H,4-12H2,1-3H3. The Morgan fingerprint density at radius 3 is 2.42 bits per heavy atom. The summed E-state index contributed by atoms with van der Waals surface area (Å²) in [5.74, 6) is 1.11. The maximum Gasteiger partial charge on any atom is 0.0686 e. The molecule has 1 aliphatic heterocycles. The largest absolute Gasteiger partial charge is 0.390 e. The van der Waals surface area contributed by atoms with Gasteiger partial charge in [-0.2, -0.15) is 0 Å². The lowest BCUT2D eigenvalue weighted by molar-refractivity contribution is -0.192. The molecule has 3 unspecified atom stereocenters. The Balaban J connectivity index is 1.75. The summed E-state index contributed by atoms with van der Waals surface area (Å²) >= 11 is 0. The predicted molar refractivity (Wildman–Crippen MR) is 77.0 cm³/mol. The van der Waals surface area contributed by atoms with Crippen LogP contribution >= 0.6 is 0 Å². The molecule has 3 rings (SSSR count). The van der Waals surface area contributed by atoms with Gasteiger partial charge in [0.05, 0.1) is 11.2 Å². The summed E-state index contributed by atoms with van der Waals surface area (Å²) in [5.41, 5.74) is 0.00844. The van der Waals surface area contributed by atoms with E-state index in [1.54, 1.807) is 0 Å². The average molecular weight is 266 g/mol. The Hall–Kier alpha value is -0.0800. The number of ether oxygens (including phenoxy) is 1. The molecule has 1 heterocycles. The van der Waals surface area contributed by atoms with E-state index in [4.69, 9.17) is 4.74 Å². The van der Waals surface area contributed by atoms with Gasteiger partial charge in [-0.05, 0) is 68.6 Å². The Bertz CT molecular complexity index is 345. The molecule has 3 atom stereocenters. The highest BCUT2D eigenvalue weighted by atomic mass is 16.5. The van der Waals surface area contributed by atoms with Crippen molar-refractivity contribution in [1.29, 1.82) is 0 Å². The first-order chi connectivity index (χ1) is 8.83. The number of rotatable bonds is 1. The lowest BCUT2D eigenvalue weighted by atomic mass is 9.58. The summed E-state index contributed by atoms with van der Waals surface area (Å²) in [7, 11) is 0. The number of aliphatic hydroxyl groups is 1. The molecule has 0 aromatic rings. The second-order valence-electron chi connectivity index (χ2n) is 8.53. The summed E-state index contributed by atoms with van der Waals surface area (Å²) in [6.07, 6.45) is 9.14. The zero-order valence-corrected chi connectivity index (χ0v) is 12.9. The van der Waals surface area contributed by atoms with Gasteiger partial charge in [-0.3, -0.25) is 0 Å². The van der Waals surface area contributed by atoms with Crippen LogP contribution in [-0.2, 0) is 4.74 Å². The van der Waals surface area contributed by atoms with Crippen LogP contribution in [0.25, 0.3) is 0 Å². The fourth-order valence-corrected chi connectivity index (χ4v) is 5.31. The summed E-state index contributed by atoms with van der Waals surface area (Å²) < 4.78 is 6.04. The van der Waals surface area contributed by atoms with Gasteiger partial charge in [-0.1, -0.05) is 20.8 Å². The van der Waals surface area contributed by atoms with Crippen LogP contribution in [0.2, 0.25) is 0 Å². The Morgan fingerprint density at radius 2 is 1.84 bits per heavy atom. The molecule has 2 aliphatic carbocycles. The van der Waals surface area contributed by atoms with Crippen molar-refractivity contribution in [2.45, 2.75) is 83.3 Å². The third-order valence-corrected chi connectivity index (χ3v) is 5.91. The van der Waals surface area contributed by atoms with Crippen molar-refractivity contribution in [2.75, 3.05) is 6.61 Å². The first-order valence-corrected chi connectivity index (χ1v) is 8.19. The van der Waals surface area contributed by atoms with Crippen LogP contribution in [0.5, 0.6) is 0 Å². The van der Waals surface area contributed by atoms with Gasteiger partial charge in [0.15, 0.2) is 0 Å².